The van der Waals surface area contributed by atoms with E-state index < -0.39 is 0 Å². The van der Waals surface area contributed by atoms with Gasteiger partial charge in [0.25, 0.3) is 0 Å². The van der Waals surface area contributed by atoms with Crippen LogP contribution in [-0.2, 0) is 6.54 Å². The molecule has 100 valence electrons. The molecule has 0 radical (unpaired) electrons. The number of terminal acetylenes is 1. The number of ether oxygens (including phenoxy) is 1. The lowest BCUT2D eigenvalue weighted by Crippen LogP contribution is -2.14. The summed E-state index contributed by atoms with van der Waals surface area (Å²) >= 11 is 0. The summed E-state index contributed by atoms with van der Waals surface area (Å²) in [4.78, 5) is 0. The van der Waals surface area contributed by atoms with Crippen molar-refractivity contribution in [3.8, 4) is 18.1 Å². The molecular formula is C15H22ClNO. The van der Waals surface area contributed by atoms with Crippen LogP contribution in [0.15, 0.2) is 24.3 Å². The van der Waals surface area contributed by atoms with E-state index in [2.05, 4.69) is 24.2 Å². The third kappa shape index (κ3) is 7.21. The second-order valence-electron chi connectivity index (χ2n) is 4.02. The van der Waals surface area contributed by atoms with E-state index in [-0.39, 0.29) is 12.4 Å². The van der Waals surface area contributed by atoms with Gasteiger partial charge in [0.2, 0.25) is 0 Å². The Labute approximate surface area is 117 Å². The van der Waals surface area contributed by atoms with Gasteiger partial charge in [-0.1, -0.05) is 37.8 Å². The van der Waals surface area contributed by atoms with Gasteiger partial charge in [-0.2, -0.15) is 0 Å². The Morgan fingerprint density at radius 1 is 1.33 bits per heavy atom. The minimum Gasteiger partial charge on any atom is -0.481 e. The van der Waals surface area contributed by atoms with E-state index in [0.29, 0.717) is 6.61 Å². The van der Waals surface area contributed by atoms with Crippen LogP contribution in [0.2, 0.25) is 0 Å². The maximum atomic E-state index is 5.38. The van der Waals surface area contributed by atoms with Crippen LogP contribution in [0.25, 0.3) is 0 Å². The van der Waals surface area contributed by atoms with Crippen LogP contribution >= 0.6 is 12.4 Å². The van der Waals surface area contributed by atoms with Gasteiger partial charge >= 0.3 is 0 Å². The van der Waals surface area contributed by atoms with Crippen LogP contribution in [0.3, 0.4) is 0 Å². The van der Waals surface area contributed by atoms with Crippen molar-refractivity contribution in [1.29, 1.82) is 0 Å². The molecule has 0 aromatic heterocycles. The Balaban J connectivity index is 0.00000289. The van der Waals surface area contributed by atoms with Gasteiger partial charge in [-0.05, 0) is 30.7 Å². The summed E-state index contributed by atoms with van der Waals surface area (Å²) < 4.78 is 5.38. The quantitative estimate of drug-likeness (QED) is 0.576. The van der Waals surface area contributed by atoms with Crippen LogP contribution in [0.1, 0.15) is 31.7 Å². The lowest BCUT2D eigenvalue weighted by atomic mass is 10.2. The van der Waals surface area contributed by atoms with Crippen molar-refractivity contribution >= 4 is 12.4 Å². The van der Waals surface area contributed by atoms with Crippen LogP contribution in [-0.4, -0.2) is 13.2 Å². The van der Waals surface area contributed by atoms with Gasteiger partial charge < -0.3 is 10.1 Å². The summed E-state index contributed by atoms with van der Waals surface area (Å²) in [6.07, 6.45) is 8.94. The summed E-state index contributed by atoms with van der Waals surface area (Å²) in [5.41, 5.74) is 1.23. The third-order valence-corrected chi connectivity index (χ3v) is 2.51. The fourth-order valence-electron chi connectivity index (χ4n) is 1.60. The normalized spacial score (nSPS) is 9.33. The minimum absolute atomic E-state index is 0. The molecule has 0 atom stereocenters. The Morgan fingerprint density at radius 3 is 2.89 bits per heavy atom. The first-order valence-electron chi connectivity index (χ1n) is 6.22. The number of rotatable bonds is 8. The summed E-state index contributed by atoms with van der Waals surface area (Å²) in [5.74, 6) is 3.31. The molecule has 3 heteroatoms. The zero-order valence-corrected chi connectivity index (χ0v) is 11.8. The number of halogens is 1. The van der Waals surface area contributed by atoms with Crippen LogP contribution in [0.5, 0.6) is 5.75 Å². The molecular weight excluding hydrogens is 246 g/mol. The number of benzene rings is 1. The van der Waals surface area contributed by atoms with E-state index in [9.17, 15) is 0 Å². The molecule has 2 nitrogen and oxygen atoms in total. The van der Waals surface area contributed by atoms with Crippen molar-refractivity contribution in [3.05, 3.63) is 29.8 Å². The second-order valence-corrected chi connectivity index (χ2v) is 4.02. The molecule has 0 aliphatic heterocycles. The fraction of sp³-hybridized carbons (Fsp3) is 0.467. The number of hydrogen-bond donors (Lipinski definition) is 1. The largest absolute Gasteiger partial charge is 0.481 e. The first-order chi connectivity index (χ1) is 8.36. The molecule has 0 spiro atoms. The average molecular weight is 268 g/mol. The highest BCUT2D eigenvalue weighted by molar-refractivity contribution is 5.85. The zero-order chi connectivity index (χ0) is 12.3. The summed E-state index contributed by atoms with van der Waals surface area (Å²) in [6, 6.07) is 8.05. The SMILES string of the molecule is C#CCOc1cccc(CNCCCCC)c1.Cl. The maximum Gasteiger partial charge on any atom is 0.148 e. The van der Waals surface area contributed by atoms with E-state index in [1.807, 2.05) is 18.2 Å². The molecule has 18 heavy (non-hydrogen) atoms. The van der Waals surface area contributed by atoms with Crippen molar-refractivity contribution < 1.29 is 4.74 Å². The standard InChI is InChI=1S/C15H21NO.ClH/c1-3-5-6-10-16-13-14-8-7-9-15(12-14)17-11-4-2;/h2,7-9,12,16H,3,5-6,10-11,13H2,1H3;1H. The van der Waals surface area contributed by atoms with E-state index in [1.54, 1.807) is 0 Å². The Kier molecular flexibility index (Phi) is 10.2. The van der Waals surface area contributed by atoms with Crippen LogP contribution in [0.4, 0.5) is 0 Å². The van der Waals surface area contributed by atoms with Gasteiger partial charge in [0.05, 0.1) is 0 Å². The lowest BCUT2D eigenvalue weighted by molar-refractivity contribution is 0.370. The molecule has 0 amide bonds. The first kappa shape index (κ1) is 16.8. The van der Waals surface area contributed by atoms with Crippen molar-refractivity contribution in [3.63, 3.8) is 0 Å². The average Bonchev–Trinajstić information content (AvgIpc) is 2.37. The second kappa shape index (κ2) is 11.0. The molecule has 0 heterocycles. The topological polar surface area (TPSA) is 21.3 Å². The van der Waals surface area contributed by atoms with Crippen molar-refractivity contribution in [1.82, 2.24) is 5.32 Å². The molecule has 1 rings (SSSR count). The molecule has 0 unspecified atom stereocenters. The molecule has 0 bridgehead atoms. The molecule has 0 aliphatic carbocycles. The molecule has 0 aliphatic rings. The van der Waals surface area contributed by atoms with E-state index >= 15 is 0 Å². The molecule has 1 aromatic rings. The van der Waals surface area contributed by atoms with Crippen LogP contribution < -0.4 is 10.1 Å². The first-order valence-corrected chi connectivity index (χ1v) is 6.22. The summed E-state index contributed by atoms with van der Waals surface area (Å²) in [6.45, 7) is 4.50. The molecule has 0 saturated heterocycles. The van der Waals surface area contributed by atoms with Gasteiger partial charge in [-0.25, -0.2) is 0 Å². The molecule has 1 aromatic carbocycles. The zero-order valence-electron chi connectivity index (χ0n) is 10.9. The number of hydrogen-bond acceptors (Lipinski definition) is 2. The highest BCUT2D eigenvalue weighted by Gasteiger charge is 1.96. The smallest absolute Gasteiger partial charge is 0.148 e. The molecule has 0 fully saturated rings. The van der Waals surface area contributed by atoms with Gasteiger partial charge in [0.15, 0.2) is 0 Å². The predicted octanol–water partition coefficient (Wildman–Crippen LogP) is 3.40. The highest BCUT2D eigenvalue weighted by Crippen LogP contribution is 2.12. The van der Waals surface area contributed by atoms with E-state index in [4.69, 9.17) is 11.2 Å². The Hall–Kier alpha value is -1.17. The van der Waals surface area contributed by atoms with Crippen molar-refractivity contribution in [2.75, 3.05) is 13.2 Å². The van der Waals surface area contributed by atoms with E-state index in [0.717, 1.165) is 18.8 Å². The Bertz CT molecular complexity index is 360. The number of nitrogens with one attached hydrogen (secondary N) is 1. The minimum atomic E-state index is 0. The predicted molar refractivity (Wildman–Crippen MR) is 79.2 cm³/mol. The number of unbranched alkanes of at least 4 members (excludes halogenated alkanes) is 2. The summed E-state index contributed by atoms with van der Waals surface area (Å²) in [5, 5.41) is 3.42. The molecule has 1 N–H and O–H groups in total. The van der Waals surface area contributed by atoms with Gasteiger partial charge in [0.1, 0.15) is 12.4 Å². The Morgan fingerprint density at radius 2 is 2.17 bits per heavy atom. The monoisotopic (exact) mass is 267 g/mol. The molecule has 0 saturated carbocycles. The summed E-state index contributed by atoms with van der Waals surface area (Å²) in [7, 11) is 0. The van der Waals surface area contributed by atoms with Gasteiger partial charge in [-0.3, -0.25) is 0 Å². The van der Waals surface area contributed by atoms with Gasteiger partial charge in [0, 0.05) is 6.54 Å². The third-order valence-electron chi connectivity index (χ3n) is 2.51. The maximum absolute atomic E-state index is 5.38. The highest BCUT2D eigenvalue weighted by atomic mass is 35.5. The van der Waals surface area contributed by atoms with Crippen LogP contribution in [0, 0.1) is 12.3 Å². The van der Waals surface area contributed by atoms with Crippen molar-refractivity contribution in [2.45, 2.75) is 32.7 Å². The van der Waals surface area contributed by atoms with E-state index in [1.165, 1.54) is 24.8 Å². The fourth-order valence-corrected chi connectivity index (χ4v) is 1.60. The lowest BCUT2D eigenvalue weighted by Gasteiger charge is -2.07. The van der Waals surface area contributed by atoms with Crippen molar-refractivity contribution in [2.24, 2.45) is 0 Å². The van der Waals surface area contributed by atoms with Gasteiger partial charge in [-0.15, -0.1) is 18.8 Å².